The standard InChI is InChI=1S/C52H50O9/c1-34(2)50(54)58-31-9-7-6-8-30-57-48-27-23-43(33-46(48)41-19-20-41)40-17-15-39(16-18-40)38-13-10-37(11-14-38)12-29-49(53)61-47-28-26-45(32-36(47)5)60-52(56)42-21-24-44(25-22-42)59-51(55)35(3)4/h10-18,21-29,32-33,41H,1,3,6-9,19-20,30-31H2,2,4-5H3/b29-12+. The molecule has 1 aliphatic rings. The van der Waals surface area contributed by atoms with Crippen molar-refractivity contribution >= 4 is 30.0 Å². The Morgan fingerprint density at radius 2 is 1.18 bits per heavy atom. The molecule has 0 heterocycles. The molecule has 0 amide bonds. The minimum atomic E-state index is -0.596. The topological polar surface area (TPSA) is 114 Å². The summed E-state index contributed by atoms with van der Waals surface area (Å²) in [6, 6.07) is 33.7. The molecule has 9 heteroatoms. The van der Waals surface area contributed by atoms with Gasteiger partial charge in [0.15, 0.2) is 0 Å². The van der Waals surface area contributed by atoms with Gasteiger partial charge < -0.3 is 23.7 Å². The van der Waals surface area contributed by atoms with Crippen molar-refractivity contribution < 1.29 is 42.9 Å². The van der Waals surface area contributed by atoms with Crippen LogP contribution in [0.1, 0.15) is 85.3 Å². The third kappa shape index (κ3) is 12.7. The Morgan fingerprint density at radius 3 is 1.80 bits per heavy atom. The average molecular weight is 819 g/mol. The lowest BCUT2D eigenvalue weighted by atomic mass is 9.97. The molecule has 5 aromatic rings. The Morgan fingerprint density at radius 1 is 0.607 bits per heavy atom. The molecule has 5 aromatic carbocycles. The fourth-order valence-corrected chi connectivity index (χ4v) is 6.37. The van der Waals surface area contributed by atoms with E-state index in [9.17, 15) is 19.2 Å². The molecule has 0 saturated heterocycles. The molecule has 0 radical (unpaired) electrons. The van der Waals surface area contributed by atoms with Crippen LogP contribution in [0, 0.1) is 6.92 Å². The lowest BCUT2D eigenvalue weighted by Gasteiger charge is -2.14. The van der Waals surface area contributed by atoms with Crippen molar-refractivity contribution in [2.45, 2.75) is 65.2 Å². The fraction of sp³-hybridized carbons (Fsp3) is 0.231. The number of ether oxygens (including phenoxy) is 5. The molecule has 9 nitrogen and oxygen atoms in total. The van der Waals surface area contributed by atoms with E-state index in [4.69, 9.17) is 23.7 Å². The second-order valence-electron chi connectivity index (χ2n) is 15.2. The van der Waals surface area contributed by atoms with Crippen LogP contribution < -0.4 is 18.9 Å². The second-order valence-corrected chi connectivity index (χ2v) is 15.2. The summed E-state index contributed by atoms with van der Waals surface area (Å²) in [6.07, 6.45) is 9.21. The van der Waals surface area contributed by atoms with E-state index in [1.54, 1.807) is 45.0 Å². The first kappa shape index (κ1) is 43.6. The van der Waals surface area contributed by atoms with E-state index >= 15 is 0 Å². The monoisotopic (exact) mass is 818 g/mol. The number of esters is 4. The van der Waals surface area contributed by atoms with Gasteiger partial charge >= 0.3 is 23.9 Å². The van der Waals surface area contributed by atoms with E-state index in [1.807, 2.05) is 24.3 Å². The minimum Gasteiger partial charge on any atom is -0.493 e. The predicted octanol–water partition coefficient (Wildman–Crippen LogP) is 11.6. The van der Waals surface area contributed by atoms with Crippen molar-refractivity contribution in [3.63, 3.8) is 0 Å². The van der Waals surface area contributed by atoms with Gasteiger partial charge in [0.1, 0.15) is 23.0 Å². The van der Waals surface area contributed by atoms with Crippen LogP contribution in [-0.2, 0) is 19.1 Å². The third-order valence-corrected chi connectivity index (χ3v) is 10.00. The van der Waals surface area contributed by atoms with E-state index in [1.165, 1.54) is 48.7 Å². The summed E-state index contributed by atoms with van der Waals surface area (Å²) in [5.41, 5.74) is 8.13. The molecule has 0 unspecified atom stereocenters. The van der Waals surface area contributed by atoms with E-state index in [0.717, 1.165) is 59.3 Å². The maximum atomic E-state index is 12.7. The zero-order valence-electron chi connectivity index (χ0n) is 34.9. The molecule has 1 saturated carbocycles. The third-order valence-electron chi connectivity index (χ3n) is 10.00. The largest absolute Gasteiger partial charge is 0.493 e. The van der Waals surface area contributed by atoms with Crippen LogP contribution in [0.25, 0.3) is 28.3 Å². The molecule has 0 spiro atoms. The van der Waals surface area contributed by atoms with Gasteiger partial charge in [0.05, 0.1) is 18.8 Å². The van der Waals surface area contributed by atoms with E-state index in [-0.39, 0.29) is 28.6 Å². The Kier molecular flexibility index (Phi) is 14.9. The maximum Gasteiger partial charge on any atom is 0.343 e. The number of carbonyl (C=O) groups is 4. The van der Waals surface area contributed by atoms with Gasteiger partial charge in [0, 0.05) is 17.2 Å². The predicted molar refractivity (Wildman–Crippen MR) is 237 cm³/mol. The van der Waals surface area contributed by atoms with Crippen molar-refractivity contribution in [3.8, 4) is 45.3 Å². The van der Waals surface area contributed by atoms with Crippen LogP contribution in [0.3, 0.4) is 0 Å². The molecule has 0 aliphatic heterocycles. The quantitative estimate of drug-likeness (QED) is 0.0347. The minimum absolute atomic E-state index is 0.264. The summed E-state index contributed by atoms with van der Waals surface area (Å²) >= 11 is 0. The van der Waals surface area contributed by atoms with Gasteiger partial charge in [0.25, 0.3) is 0 Å². The van der Waals surface area contributed by atoms with E-state index < -0.39 is 17.9 Å². The van der Waals surface area contributed by atoms with Crippen molar-refractivity contribution in [2.24, 2.45) is 0 Å². The number of carbonyl (C=O) groups excluding carboxylic acids is 4. The van der Waals surface area contributed by atoms with Gasteiger partial charge in [-0.05, 0) is 165 Å². The molecular weight excluding hydrogens is 769 g/mol. The highest BCUT2D eigenvalue weighted by Gasteiger charge is 2.27. The Labute approximate surface area is 357 Å². The van der Waals surface area contributed by atoms with Crippen LogP contribution in [0.4, 0.5) is 0 Å². The number of hydrogen-bond acceptors (Lipinski definition) is 9. The highest BCUT2D eigenvalue weighted by atomic mass is 16.5. The number of benzene rings is 5. The summed E-state index contributed by atoms with van der Waals surface area (Å²) in [5, 5.41) is 0. The first-order chi connectivity index (χ1) is 29.4. The van der Waals surface area contributed by atoms with Crippen molar-refractivity contribution in [1.82, 2.24) is 0 Å². The molecule has 6 rings (SSSR count). The van der Waals surface area contributed by atoms with Crippen LogP contribution in [0.2, 0.25) is 0 Å². The molecular formula is C52H50O9. The highest BCUT2D eigenvalue weighted by Crippen LogP contribution is 2.46. The molecule has 61 heavy (non-hydrogen) atoms. The van der Waals surface area contributed by atoms with Crippen molar-refractivity contribution in [1.29, 1.82) is 0 Å². The van der Waals surface area contributed by atoms with Crippen molar-refractivity contribution in [2.75, 3.05) is 13.2 Å². The second kappa shape index (κ2) is 20.8. The van der Waals surface area contributed by atoms with Crippen LogP contribution >= 0.6 is 0 Å². The van der Waals surface area contributed by atoms with Gasteiger partial charge in [-0.15, -0.1) is 0 Å². The first-order valence-electron chi connectivity index (χ1n) is 20.4. The Balaban J connectivity index is 0.964. The summed E-state index contributed by atoms with van der Waals surface area (Å²) in [7, 11) is 0. The SMILES string of the molecule is C=C(C)C(=O)OCCCCCCOc1ccc(-c2ccc(-c3ccc(/C=C/C(=O)Oc4ccc(OC(=O)c5ccc(OC(=O)C(=C)C)cc5)cc4C)cc3)cc2)cc1C1CC1. The van der Waals surface area contributed by atoms with Crippen LogP contribution in [0.5, 0.6) is 23.0 Å². The Hall–Kier alpha value is -7.00. The molecule has 1 fully saturated rings. The summed E-state index contributed by atoms with van der Waals surface area (Å²) in [4.78, 5) is 48.6. The normalized spacial score (nSPS) is 12.0. The highest BCUT2D eigenvalue weighted by molar-refractivity contribution is 5.92. The van der Waals surface area contributed by atoms with Crippen LogP contribution in [-0.4, -0.2) is 37.1 Å². The summed E-state index contributed by atoms with van der Waals surface area (Å²) in [6.45, 7) is 13.2. The van der Waals surface area contributed by atoms with Gasteiger partial charge in [-0.1, -0.05) is 67.8 Å². The smallest absolute Gasteiger partial charge is 0.343 e. The van der Waals surface area contributed by atoms with Gasteiger partial charge in [-0.2, -0.15) is 0 Å². The van der Waals surface area contributed by atoms with Crippen LogP contribution in [0.15, 0.2) is 140 Å². The first-order valence-corrected chi connectivity index (χ1v) is 20.4. The molecule has 0 aromatic heterocycles. The number of unbranched alkanes of at least 4 members (excludes halogenated alkanes) is 3. The molecule has 0 N–H and O–H groups in total. The fourth-order valence-electron chi connectivity index (χ4n) is 6.37. The number of rotatable bonds is 19. The van der Waals surface area contributed by atoms with Gasteiger partial charge in [-0.25, -0.2) is 19.2 Å². The molecule has 0 atom stereocenters. The Bertz CT molecular complexity index is 2420. The number of hydrogen-bond donors (Lipinski definition) is 0. The average Bonchev–Trinajstić information content (AvgIpc) is 4.11. The molecule has 0 bridgehead atoms. The zero-order chi connectivity index (χ0) is 43.3. The molecule has 1 aliphatic carbocycles. The maximum absolute atomic E-state index is 12.7. The zero-order valence-corrected chi connectivity index (χ0v) is 34.9. The van der Waals surface area contributed by atoms with Crippen molar-refractivity contribution in [3.05, 3.63) is 162 Å². The summed E-state index contributed by atoms with van der Waals surface area (Å²) in [5.74, 6) is 0.395. The summed E-state index contributed by atoms with van der Waals surface area (Å²) < 4.78 is 27.6. The van der Waals surface area contributed by atoms with E-state index in [2.05, 4.69) is 55.6 Å². The lowest BCUT2D eigenvalue weighted by molar-refractivity contribution is -0.139. The van der Waals surface area contributed by atoms with E-state index in [0.29, 0.717) is 36.0 Å². The molecule has 312 valence electrons. The van der Waals surface area contributed by atoms with Gasteiger partial charge in [0.2, 0.25) is 0 Å². The lowest BCUT2D eigenvalue weighted by Crippen LogP contribution is -2.10. The van der Waals surface area contributed by atoms with Gasteiger partial charge in [-0.3, -0.25) is 0 Å². The number of aryl methyl sites for hydroxylation is 1.